The highest BCUT2D eigenvalue weighted by atomic mass is 16.5. The van der Waals surface area contributed by atoms with Crippen LogP contribution in [0.5, 0.6) is 0 Å². The predicted octanol–water partition coefficient (Wildman–Crippen LogP) is 2.80. The number of esters is 1. The highest BCUT2D eigenvalue weighted by Crippen LogP contribution is 2.71. The van der Waals surface area contributed by atoms with E-state index in [0.29, 0.717) is 12.5 Å². The summed E-state index contributed by atoms with van der Waals surface area (Å²) in [6, 6.07) is -0.568. The number of fused-ring (bicyclic) bond motifs is 2. The van der Waals surface area contributed by atoms with Crippen molar-refractivity contribution in [2.75, 3.05) is 19.7 Å². The van der Waals surface area contributed by atoms with Crippen LogP contribution in [0.3, 0.4) is 0 Å². The molecule has 22 heavy (non-hydrogen) atoms. The normalized spacial score (nSPS) is 37.5. The molecule has 0 spiro atoms. The summed E-state index contributed by atoms with van der Waals surface area (Å²) >= 11 is 0. The number of rotatable bonds is 6. The molecule has 2 aliphatic rings. The number of nitrogens with zero attached hydrogens (tertiary/aromatic N) is 1. The Morgan fingerprint density at radius 2 is 1.86 bits per heavy atom. The van der Waals surface area contributed by atoms with Crippen molar-refractivity contribution in [3.63, 3.8) is 0 Å². The maximum Gasteiger partial charge on any atom is 0.324 e. The van der Waals surface area contributed by atoms with Gasteiger partial charge in [0.15, 0.2) is 0 Å². The Morgan fingerprint density at radius 3 is 2.23 bits per heavy atom. The molecule has 4 atom stereocenters. The van der Waals surface area contributed by atoms with Gasteiger partial charge in [-0.3, -0.25) is 9.69 Å². The van der Waals surface area contributed by atoms with Crippen molar-refractivity contribution < 1.29 is 9.53 Å². The first kappa shape index (κ1) is 17.7. The van der Waals surface area contributed by atoms with Crippen molar-refractivity contribution in [1.29, 1.82) is 0 Å². The number of hydrogen-bond donors (Lipinski definition) is 1. The van der Waals surface area contributed by atoms with Crippen LogP contribution >= 0.6 is 0 Å². The van der Waals surface area contributed by atoms with Gasteiger partial charge in [0.2, 0.25) is 0 Å². The van der Waals surface area contributed by atoms with Gasteiger partial charge in [0, 0.05) is 0 Å². The summed E-state index contributed by atoms with van der Waals surface area (Å²) in [5.41, 5.74) is 6.54. The van der Waals surface area contributed by atoms with Gasteiger partial charge in [0.25, 0.3) is 0 Å². The molecular weight excluding hydrogens is 276 g/mol. The minimum Gasteiger partial charge on any atom is -0.465 e. The van der Waals surface area contributed by atoms with Gasteiger partial charge in [-0.25, -0.2) is 0 Å². The summed E-state index contributed by atoms with van der Waals surface area (Å²) in [5.74, 6) is 0.401. The molecule has 0 aromatic rings. The van der Waals surface area contributed by atoms with Crippen LogP contribution in [0.1, 0.15) is 60.8 Å². The van der Waals surface area contributed by atoms with E-state index in [1.807, 2.05) is 6.92 Å². The largest absolute Gasteiger partial charge is 0.465 e. The van der Waals surface area contributed by atoms with Crippen LogP contribution in [0.15, 0.2) is 0 Å². The summed E-state index contributed by atoms with van der Waals surface area (Å²) in [6.45, 7) is 15.5. The zero-order chi connectivity index (χ0) is 16.8. The lowest BCUT2D eigenvalue weighted by molar-refractivity contribution is -0.155. The Balaban J connectivity index is 2.52. The van der Waals surface area contributed by atoms with Gasteiger partial charge in [-0.1, -0.05) is 34.6 Å². The highest BCUT2D eigenvalue weighted by Gasteiger charge is 2.72. The fraction of sp³-hybridized carbons (Fsp3) is 0.944. The van der Waals surface area contributed by atoms with E-state index in [4.69, 9.17) is 10.5 Å². The molecule has 2 saturated carbocycles. The number of carbonyl (C=O) groups excluding carboxylic acids is 1. The summed E-state index contributed by atoms with van der Waals surface area (Å²) in [7, 11) is 0. The number of nitrogens with two attached hydrogens (primary N) is 1. The molecule has 4 heteroatoms. The zero-order valence-corrected chi connectivity index (χ0v) is 15.2. The van der Waals surface area contributed by atoms with Crippen LogP contribution in [0.4, 0.5) is 0 Å². The molecule has 2 rings (SSSR count). The Morgan fingerprint density at radius 1 is 1.27 bits per heavy atom. The third-order valence-corrected chi connectivity index (χ3v) is 7.33. The molecular formula is C18H34N2O2. The van der Waals surface area contributed by atoms with Crippen LogP contribution in [-0.4, -0.2) is 42.1 Å². The van der Waals surface area contributed by atoms with E-state index in [2.05, 4.69) is 39.5 Å². The maximum atomic E-state index is 12.5. The smallest absolute Gasteiger partial charge is 0.324 e. The van der Waals surface area contributed by atoms with Crippen molar-refractivity contribution in [3.8, 4) is 0 Å². The fourth-order valence-corrected chi connectivity index (χ4v) is 5.69. The maximum absolute atomic E-state index is 12.5. The Hall–Kier alpha value is -0.610. The predicted molar refractivity (Wildman–Crippen MR) is 89.5 cm³/mol. The van der Waals surface area contributed by atoms with E-state index in [1.165, 1.54) is 6.42 Å². The number of hydrogen-bond acceptors (Lipinski definition) is 4. The number of ether oxygens (including phenoxy) is 1. The first-order chi connectivity index (χ1) is 10.2. The monoisotopic (exact) mass is 310 g/mol. The van der Waals surface area contributed by atoms with Gasteiger partial charge in [0.1, 0.15) is 6.04 Å². The van der Waals surface area contributed by atoms with Crippen LogP contribution in [0.2, 0.25) is 0 Å². The van der Waals surface area contributed by atoms with Crippen LogP contribution < -0.4 is 5.73 Å². The number of likely N-dealkylation sites (N-methyl/N-ethyl adjacent to an activating group) is 1. The number of carbonyl (C=O) groups is 1. The Kier molecular flexibility index (Phi) is 4.67. The molecule has 2 N–H and O–H groups in total. The molecule has 0 aliphatic heterocycles. The molecule has 128 valence electrons. The van der Waals surface area contributed by atoms with Crippen LogP contribution in [0, 0.1) is 16.7 Å². The minimum absolute atomic E-state index is 0.0445. The lowest BCUT2D eigenvalue weighted by Crippen LogP contribution is -2.70. The molecule has 0 unspecified atom stereocenters. The molecule has 0 saturated heterocycles. The quantitative estimate of drug-likeness (QED) is 0.767. The van der Waals surface area contributed by atoms with E-state index >= 15 is 0 Å². The molecule has 0 aromatic heterocycles. The molecule has 0 heterocycles. The van der Waals surface area contributed by atoms with Crippen molar-refractivity contribution in [1.82, 2.24) is 4.90 Å². The average Bonchev–Trinajstić information content (AvgIpc) is 2.80. The lowest BCUT2D eigenvalue weighted by atomic mass is 9.59. The minimum atomic E-state index is -0.568. The van der Waals surface area contributed by atoms with Crippen LogP contribution in [-0.2, 0) is 9.53 Å². The van der Waals surface area contributed by atoms with E-state index in [9.17, 15) is 4.79 Å². The molecule has 0 radical (unpaired) electrons. The summed E-state index contributed by atoms with van der Waals surface area (Å²) < 4.78 is 5.31. The lowest BCUT2D eigenvalue weighted by Gasteiger charge is -2.56. The third-order valence-electron chi connectivity index (χ3n) is 7.33. The van der Waals surface area contributed by atoms with Crippen molar-refractivity contribution >= 4 is 5.97 Å². The molecule has 0 amide bonds. The van der Waals surface area contributed by atoms with Gasteiger partial charge in [-0.2, -0.15) is 0 Å². The van der Waals surface area contributed by atoms with E-state index in [-0.39, 0.29) is 22.3 Å². The molecule has 4 nitrogen and oxygen atoms in total. The molecule has 0 aromatic carbocycles. The Bertz CT molecular complexity index is 433. The van der Waals surface area contributed by atoms with E-state index in [0.717, 1.165) is 25.9 Å². The second-order valence-corrected chi connectivity index (χ2v) is 7.82. The average molecular weight is 310 g/mol. The van der Waals surface area contributed by atoms with Gasteiger partial charge in [0.05, 0.1) is 12.1 Å². The standard InChI is InChI=1S/C18H34N2O2/c1-7-20(8-2)18(14(19)15(21)22-9-3)12-13-10-11-17(18,6)16(13,4)5/h13-14H,7-12,19H2,1-6H3/t13-,14-,17+,18+/m1/s1. The van der Waals surface area contributed by atoms with Gasteiger partial charge >= 0.3 is 5.97 Å². The van der Waals surface area contributed by atoms with E-state index in [1.54, 1.807) is 0 Å². The van der Waals surface area contributed by atoms with Crippen LogP contribution in [0.25, 0.3) is 0 Å². The first-order valence-corrected chi connectivity index (χ1v) is 8.90. The highest BCUT2D eigenvalue weighted by molar-refractivity contribution is 5.78. The summed E-state index contributed by atoms with van der Waals surface area (Å²) in [6.07, 6.45) is 3.41. The van der Waals surface area contributed by atoms with Gasteiger partial charge in [-0.15, -0.1) is 0 Å². The molecule has 2 aliphatic carbocycles. The topological polar surface area (TPSA) is 55.6 Å². The molecule has 2 fully saturated rings. The van der Waals surface area contributed by atoms with E-state index < -0.39 is 6.04 Å². The third kappa shape index (κ3) is 1.99. The van der Waals surface area contributed by atoms with Crippen molar-refractivity contribution in [2.45, 2.75) is 72.4 Å². The van der Waals surface area contributed by atoms with Crippen molar-refractivity contribution in [2.24, 2.45) is 22.5 Å². The molecule has 2 bridgehead atoms. The summed E-state index contributed by atoms with van der Waals surface area (Å²) in [4.78, 5) is 15.0. The first-order valence-electron chi connectivity index (χ1n) is 8.90. The second kappa shape index (κ2) is 5.79. The summed E-state index contributed by atoms with van der Waals surface area (Å²) in [5, 5.41) is 0. The second-order valence-electron chi connectivity index (χ2n) is 7.82. The van der Waals surface area contributed by atoms with Gasteiger partial charge < -0.3 is 10.5 Å². The SMILES string of the molecule is CCOC(=O)[C@@H](N)[C@@]1(N(CC)CC)C[C@H]2CC[C@@]1(C)C2(C)C. The Labute approximate surface area is 135 Å². The van der Waals surface area contributed by atoms with Gasteiger partial charge in [-0.05, 0) is 56.0 Å². The zero-order valence-electron chi connectivity index (χ0n) is 15.2. The van der Waals surface area contributed by atoms with Crippen molar-refractivity contribution in [3.05, 3.63) is 0 Å². The fourth-order valence-electron chi connectivity index (χ4n) is 5.69.